The minimum Gasteiger partial charge on any atom is -0.384 e. The molecule has 0 spiro atoms. The topological polar surface area (TPSA) is 52.7 Å². The van der Waals surface area contributed by atoms with Crippen LogP contribution in [-0.2, 0) is 18.9 Å². The van der Waals surface area contributed by atoms with E-state index < -0.39 is 23.5 Å². The quantitative estimate of drug-likeness (QED) is 0.138. The van der Waals surface area contributed by atoms with Crippen molar-refractivity contribution in [2.45, 2.75) is 25.3 Å². The number of rotatable bonds is 8. The molecule has 3 aromatic carbocycles. The Kier molecular flexibility index (Phi) is 7.22. The Bertz CT molecular complexity index is 1570. The van der Waals surface area contributed by atoms with Crippen LogP contribution in [-0.4, -0.2) is 23.1 Å². The smallest absolute Gasteiger partial charge is 0.384 e. The second kappa shape index (κ2) is 10.6. The van der Waals surface area contributed by atoms with Gasteiger partial charge < -0.3 is 15.6 Å². The van der Waals surface area contributed by atoms with Crippen molar-refractivity contribution >= 4 is 27.5 Å². The molecule has 0 fully saturated rings. The zero-order valence-corrected chi connectivity index (χ0v) is 20.5. The zero-order valence-electron chi connectivity index (χ0n) is 20.5. The van der Waals surface area contributed by atoms with E-state index >= 15 is 0 Å². The minimum absolute atomic E-state index is 0.125. The van der Waals surface area contributed by atoms with Gasteiger partial charge in [-0.05, 0) is 83.6 Å². The Hall–Kier alpha value is -4.05. The Morgan fingerprint density at radius 2 is 1.51 bits per heavy atom. The van der Waals surface area contributed by atoms with Gasteiger partial charge in [0.25, 0.3) is 0 Å². The molecule has 202 valence electrons. The molecule has 0 unspecified atom stereocenters. The molecule has 0 saturated heterocycles. The van der Waals surface area contributed by atoms with E-state index in [-0.39, 0.29) is 17.2 Å². The Balaban J connectivity index is 1.25. The van der Waals surface area contributed by atoms with E-state index in [1.54, 1.807) is 18.3 Å². The first-order chi connectivity index (χ1) is 18.6. The largest absolute Gasteiger partial charge is 0.416 e. The lowest BCUT2D eigenvalue weighted by Crippen LogP contribution is -2.17. The molecule has 0 aliphatic rings. The molecular formula is C29H24F6N4. The number of aromatic amines is 1. The number of fused-ring (bicyclic) bond motifs is 2. The molecule has 3 N–H and O–H groups in total. The van der Waals surface area contributed by atoms with E-state index in [4.69, 9.17) is 0 Å². The Morgan fingerprint density at radius 3 is 2.26 bits per heavy atom. The first kappa shape index (κ1) is 26.6. The summed E-state index contributed by atoms with van der Waals surface area (Å²) in [6, 6.07) is 16.3. The molecule has 0 amide bonds. The number of anilines is 1. The van der Waals surface area contributed by atoms with Crippen LogP contribution in [0.2, 0.25) is 0 Å². The maximum absolute atomic E-state index is 13.3. The average molecular weight is 543 g/mol. The number of halogens is 6. The summed E-state index contributed by atoms with van der Waals surface area (Å²) in [5.74, 6) is 0. The van der Waals surface area contributed by atoms with Gasteiger partial charge >= 0.3 is 12.4 Å². The molecule has 0 bridgehead atoms. The van der Waals surface area contributed by atoms with Crippen LogP contribution in [0.3, 0.4) is 0 Å². The number of pyridine rings is 1. The van der Waals surface area contributed by atoms with Gasteiger partial charge in [-0.3, -0.25) is 4.98 Å². The molecule has 2 aromatic heterocycles. The summed E-state index contributed by atoms with van der Waals surface area (Å²) in [5.41, 5.74) is 0.858. The maximum atomic E-state index is 13.3. The minimum atomic E-state index is -4.91. The maximum Gasteiger partial charge on any atom is 0.416 e. The van der Waals surface area contributed by atoms with E-state index in [0.717, 1.165) is 53.6 Å². The molecule has 0 radical (unpaired) electrons. The molecule has 10 heteroatoms. The van der Waals surface area contributed by atoms with Crippen LogP contribution in [0.5, 0.6) is 0 Å². The number of nitrogens with zero attached hydrogens (tertiary/aromatic N) is 1. The van der Waals surface area contributed by atoms with Crippen LogP contribution in [0.4, 0.5) is 32.0 Å². The van der Waals surface area contributed by atoms with E-state index in [1.165, 1.54) is 17.7 Å². The summed E-state index contributed by atoms with van der Waals surface area (Å²) in [4.78, 5) is 7.45. The van der Waals surface area contributed by atoms with Crippen molar-refractivity contribution in [3.8, 4) is 11.1 Å². The summed E-state index contributed by atoms with van der Waals surface area (Å²) in [5, 5.41) is 8.64. The average Bonchev–Trinajstić information content (AvgIpc) is 3.37. The number of H-pyrrole nitrogens is 1. The van der Waals surface area contributed by atoms with Gasteiger partial charge in [-0.25, -0.2) is 0 Å². The Labute approximate surface area is 220 Å². The fourth-order valence-corrected chi connectivity index (χ4v) is 4.49. The molecule has 0 aliphatic carbocycles. The number of alkyl halides is 6. The van der Waals surface area contributed by atoms with Crippen molar-refractivity contribution in [2.75, 3.05) is 18.4 Å². The van der Waals surface area contributed by atoms with Crippen molar-refractivity contribution < 1.29 is 26.3 Å². The van der Waals surface area contributed by atoms with Gasteiger partial charge in [0.05, 0.1) is 16.6 Å². The molecular weight excluding hydrogens is 518 g/mol. The molecule has 0 aliphatic heterocycles. The normalized spacial score (nSPS) is 12.4. The van der Waals surface area contributed by atoms with E-state index in [1.807, 2.05) is 12.3 Å². The molecule has 5 rings (SSSR count). The fraction of sp³-hybridized carbons (Fsp3) is 0.207. The summed E-state index contributed by atoms with van der Waals surface area (Å²) in [7, 11) is 0. The van der Waals surface area contributed by atoms with Gasteiger partial charge in [0.1, 0.15) is 0 Å². The third-order valence-electron chi connectivity index (χ3n) is 6.46. The van der Waals surface area contributed by atoms with Crippen LogP contribution in [0, 0.1) is 0 Å². The van der Waals surface area contributed by atoms with Crippen LogP contribution < -0.4 is 10.6 Å². The summed E-state index contributed by atoms with van der Waals surface area (Å²) in [6.07, 6.45) is -5.53. The number of aromatic nitrogens is 2. The highest BCUT2D eigenvalue weighted by Gasteiger charge is 2.37. The van der Waals surface area contributed by atoms with E-state index in [0.29, 0.717) is 12.1 Å². The van der Waals surface area contributed by atoms with Gasteiger partial charge in [0.2, 0.25) is 0 Å². The lowest BCUT2D eigenvalue weighted by atomic mass is 9.98. The van der Waals surface area contributed by atoms with Crippen molar-refractivity contribution in [3.63, 3.8) is 0 Å². The third kappa shape index (κ3) is 6.17. The van der Waals surface area contributed by atoms with Gasteiger partial charge in [0.15, 0.2) is 0 Å². The monoisotopic (exact) mass is 542 g/mol. The summed E-state index contributed by atoms with van der Waals surface area (Å²) >= 11 is 0. The van der Waals surface area contributed by atoms with Crippen molar-refractivity contribution in [3.05, 3.63) is 95.8 Å². The molecule has 5 aromatic rings. The predicted molar refractivity (Wildman–Crippen MR) is 140 cm³/mol. The molecule has 2 heterocycles. The number of benzene rings is 3. The molecule has 39 heavy (non-hydrogen) atoms. The molecule has 0 saturated carbocycles. The first-order valence-electron chi connectivity index (χ1n) is 12.3. The van der Waals surface area contributed by atoms with Crippen LogP contribution in [0.25, 0.3) is 32.9 Å². The van der Waals surface area contributed by atoms with Crippen molar-refractivity contribution in [2.24, 2.45) is 0 Å². The van der Waals surface area contributed by atoms with Crippen molar-refractivity contribution in [1.29, 1.82) is 0 Å². The van der Waals surface area contributed by atoms with Crippen LogP contribution in [0.15, 0.2) is 79.1 Å². The highest BCUT2D eigenvalue weighted by Crippen LogP contribution is 2.39. The van der Waals surface area contributed by atoms with Gasteiger partial charge in [-0.2, -0.15) is 26.3 Å². The van der Waals surface area contributed by atoms with E-state index in [9.17, 15) is 26.3 Å². The highest BCUT2D eigenvalue weighted by atomic mass is 19.4. The number of hydrogen-bond acceptors (Lipinski definition) is 3. The lowest BCUT2D eigenvalue weighted by Gasteiger charge is -2.15. The van der Waals surface area contributed by atoms with Crippen LogP contribution >= 0.6 is 0 Å². The lowest BCUT2D eigenvalue weighted by molar-refractivity contribution is -0.143. The predicted octanol–water partition coefficient (Wildman–Crippen LogP) is 8.01. The first-order valence-corrected chi connectivity index (χ1v) is 12.3. The van der Waals surface area contributed by atoms with E-state index in [2.05, 4.69) is 38.8 Å². The van der Waals surface area contributed by atoms with Gasteiger partial charge in [0, 0.05) is 42.1 Å². The second-order valence-electron chi connectivity index (χ2n) is 9.24. The summed E-state index contributed by atoms with van der Waals surface area (Å²) < 4.78 is 79.7. The highest BCUT2D eigenvalue weighted by molar-refractivity contribution is 5.93. The number of nitrogens with one attached hydrogen (secondary N) is 3. The molecule has 0 atom stereocenters. The van der Waals surface area contributed by atoms with Crippen LogP contribution in [0.1, 0.15) is 23.1 Å². The summed E-state index contributed by atoms with van der Waals surface area (Å²) in [6.45, 7) is 2.18. The fourth-order valence-electron chi connectivity index (χ4n) is 4.49. The third-order valence-corrected chi connectivity index (χ3v) is 6.46. The SMILES string of the molecule is FC(F)(F)c1cc(-c2ccc3c(NCCCNCc4ccc5[nH]ccc5c4)ccnc3c2)cc(C(F)(F)F)c1. The molecule has 4 nitrogen and oxygen atoms in total. The standard InChI is InChI=1S/C29H24F6N4/c30-28(31,32)22-13-21(14-23(16-22)29(33,34)35)19-3-4-24-26(7-11-39-27(24)15-19)37-9-1-8-36-17-18-2-5-25-20(12-18)6-10-38-25/h2-7,10-16,36,38H,1,8-9,17H2,(H,37,39). The van der Waals surface area contributed by atoms with Gasteiger partial charge in [-0.15, -0.1) is 0 Å². The Morgan fingerprint density at radius 1 is 0.744 bits per heavy atom. The zero-order chi connectivity index (χ0) is 27.6. The van der Waals surface area contributed by atoms with Crippen molar-refractivity contribution in [1.82, 2.24) is 15.3 Å². The van der Waals surface area contributed by atoms with Gasteiger partial charge in [-0.1, -0.05) is 18.2 Å². The second-order valence-corrected chi connectivity index (χ2v) is 9.24. The number of hydrogen-bond donors (Lipinski definition) is 3.